The highest BCUT2D eigenvalue weighted by atomic mass is 35.5. The van der Waals surface area contributed by atoms with Gasteiger partial charge in [-0.2, -0.15) is 0 Å². The summed E-state index contributed by atoms with van der Waals surface area (Å²) in [6.07, 6.45) is -0.00110. The summed E-state index contributed by atoms with van der Waals surface area (Å²) in [7, 11) is 1.63. The molecule has 8 heteroatoms. The minimum atomic E-state index is -0.560. The molecule has 3 rings (SSSR count). The average Bonchev–Trinajstić information content (AvgIpc) is 2.88. The van der Waals surface area contributed by atoms with E-state index in [1.807, 2.05) is 19.1 Å². The molecule has 1 fully saturated rings. The van der Waals surface area contributed by atoms with Crippen LogP contribution in [0, 0.1) is 12.7 Å². The van der Waals surface area contributed by atoms with Crippen LogP contribution in [0.15, 0.2) is 47.5 Å². The number of amidine groups is 1. The monoisotopic (exact) mass is 405 g/mol. The molecule has 0 unspecified atom stereocenters. The standard InChI is InChI=1S/C19H17ClFN3O2S/c1-11-3-6-14(9-15(11)20)23-19-24(2)18(26)16(27-19)10-17(25)22-13-7-4-12(21)5-8-13/h3-9,16H,10H2,1-2H3,(H,22,25)/t16-/m1/s1. The topological polar surface area (TPSA) is 61.8 Å². The quantitative estimate of drug-likeness (QED) is 0.821. The maximum Gasteiger partial charge on any atom is 0.242 e. The molecule has 0 bridgehead atoms. The number of carbonyl (C=O) groups is 2. The molecule has 1 heterocycles. The molecule has 0 aliphatic carbocycles. The van der Waals surface area contributed by atoms with E-state index in [-0.39, 0.29) is 24.1 Å². The Bertz CT molecular complexity index is 918. The number of nitrogens with zero attached hydrogens (tertiary/aromatic N) is 2. The lowest BCUT2D eigenvalue weighted by molar-refractivity contribution is -0.127. The van der Waals surface area contributed by atoms with Crippen molar-refractivity contribution in [2.45, 2.75) is 18.6 Å². The highest BCUT2D eigenvalue weighted by molar-refractivity contribution is 8.15. The van der Waals surface area contributed by atoms with Gasteiger partial charge < -0.3 is 5.32 Å². The Balaban J connectivity index is 1.67. The van der Waals surface area contributed by atoms with Gasteiger partial charge >= 0.3 is 0 Å². The van der Waals surface area contributed by atoms with Gasteiger partial charge in [0.25, 0.3) is 0 Å². The van der Waals surface area contributed by atoms with E-state index < -0.39 is 5.25 Å². The molecule has 0 radical (unpaired) electrons. The number of nitrogens with one attached hydrogen (secondary N) is 1. The van der Waals surface area contributed by atoms with Crippen LogP contribution in [0.25, 0.3) is 0 Å². The van der Waals surface area contributed by atoms with E-state index in [4.69, 9.17) is 11.6 Å². The number of amides is 2. The normalized spacial score (nSPS) is 18.2. The molecule has 1 aliphatic heterocycles. The average molecular weight is 406 g/mol. The fourth-order valence-corrected chi connectivity index (χ4v) is 3.80. The number of hydrogen-bond donors (Lipinski definition) is 1. The van der Waals surface area contributed by atoms with Crippen LogP contribution < -0.4 is 5.32 Å². The first-order valence-electron chi connectivity index (χ1n) is 8.18. The number of aryl methyl sites for hydroxylation is 1. The van der Waals surface area contributed by atoms with Crippen LogP contribution in [0.2, 0.25) is 5.02 Å². The van der Waals surface area contributed by atoms with E-state index in [0.29, 0.717) is 21.6 Å². The number of benzene rings is 2. The largest absolute Gasteiger partial charge is 0.326 e. The molecule has 2 amide bonds. The number of halogens is 2. The minimum Gasteiger partial charge on any atom is -0.326 e. The maximum absolute atomic E-state index is 12.9. The van der Waals surface area contributed by atoms with Crippen molar-refractivity contribution >= 4 is 51.7 Å². The summed E-state index contributed by atoms with van der Waals surface area (Å²) in [6.45, 7) is 1.90. The van der Waals surface area contributed by atoms with Gasteiger partial charge in [0.2, 0.25) is 11.8 Å². The summed E-state index contributed by atoms with van der Waals surface area (Å²) in [5.74, 6) is -0.889. The molecule has 2 aromatic carbocycles. The summed E-state index contributed by atoms with van der Waals surface area (Å²) >= 11 is 7.35. The number of hydrogen-bond acceptors (Lipinski definition) is 4. The number of anilines is 1. The molecule has 2 aromatic rings. The second kappa shape index (κ2) is 8.10. The Kier molecular flexibility index (Phi) is 5.82. The van der Waals surface area contributed by atoms with Crippen molar-refractivity contribution in [2.75, 3.05) is 12.4 Å². The predicted molar refractivity (Wildman–Crippen MR) is 107 cm³/mol. The highest BCUT2D eigenvalue weighted by Gasteiger charge is 2.37. The number of rotatable bonds is 4. The van der Waals surface area contributed by atoms with Gasteiger partial charge in [0.15, 0.2) is 5.17 Å². The molecule has 1 atom stereocenters. The van der Waals surface area contributed by atoms with Crippen molar-refractivity contribution in [1.29, 1.82) is 0 Å². The molecule has 5 nitrogen and oxygen atoms in total. The Morgan fingerprint density at radius 2 is 2.00 bits per heavy atom. The van der Waals surface area contributed by atoms with Gasteiger partial charge in [-0.25, -0.2) is 9.38 Å². The predicted octanol–water partition coefficient (Wildman–Crippen LogP) is 4.38. The molecule has 1 N–H and O–H groups in total. The third kappa shape index (κ3) is 4.67. The van der Waals surface area contributed by atoms with Gasteiger partial charge in [-0.3, -0.25) is 14.5 Å². The van der Waals surface area contributed by atoms with Crippen LogP contribution in [-0.2, 0) is 9.59 Å². The number of carbonyl (C=O) groups excluding carboxylic acids is 2. The van der Waals surface area contributed by atoms with E-state index in [0.717, 1.165) is 5.56 Å². The zero-order valence-electron chi connectivity index (χ0n) is 14.7. The summed E-state index contributed by atoms with van der Waals surface area (Å²) in [4.78, 5) is 30.5. The van der Waals surface area contributed by atoms with Crippen molar-refractivity contribution in [3.8, 4) is 0 Å². The first-order valence-corrected chi connectivity index (χ1v) is 9.44. The SMILES string of the molecule is Cc1ccc(N=C2S[C@H](CC(=O)Nc3ccc(F)cc3)C(=O)N2C)cc1Cl. The van der Waals surface area contributed by atoms with Gasteiger partial charge in [-0.05, 0) is 48.9 Å². The van der Waals surface area contributed by atoms with Crippen molar-refractivity contribution in [3.63, 3.8) is 0 Å². The molecule has 0 saturated carbocycles. The Hall–Kier alpha value is -2.38. The van der Waals surface area contributed by atoms with Crippen molar-refractivity contribution in [2.24, 2.45) is 4.99 Å². The molecule has 0 aromatic heterocycles. The number of aliphatic imine (C=N–C) groups is 1. The molecular weight excluding hydrogens is 389 g/mol. The molecule has 0 spiro atoms. The van der Waals surface area contributed by atoms with Crippen LogP contribution in [-0.4, -0.2) is 34.2 Å². The van der Waals surface area contributed by atoms with Gasteiger partial charge in [-0.15, -0.1) is 0 Å². The van der Waals surface area contributed by atoms with Crippen molar-refractivity contribution in [1.82, 2.24) is 4.90 Å². The summed E-state index contributed by atoms with van der Waals surface area (Å²) in [5.41, 5.74) is 2.07. The van der Waals surface area contributed by atoms with Crippen LogP contribution in [0.5, 0.6) is 0 Å². The molecule has 1 aliphatic rings. The van der Waals surface area contributed by atoms with Crippen LogP contribution in [0.3, 0.4) is 0 Å². The van der Waals surface area contributed by atoms with Crippen molar-refractivity contribution in [3.05, 3.63) is 58.9 Å². The molecule has 140 valence electrons. The first-order chi connectivity index (χ1) is 12.8. The highest BCUT2D eigenvalue weighted by Crippen LogP contribution is 2.31. The van der Waals surface area contributed by atoms with Gasteiger partial charge in [-0.1, -0.05) is 29.4 Å². The zero-order chi connectivity index (χ0) is 19.6. The smallest absolute Gasteiger partial charge is 0.242 e. The lowest BCUT2D eigenvalue weighted by atomic mass is 10.2. The third-order valence-corrected chi connectivity index (χ3v) is 5.66. The van der Waals surface area contributed by atoms with E-state index >= 15 is 0 Å². The van der Waals surface area contributed by atoms with E-state index in [9.17, 15) is 14.0 Å². The minimum absolute atomic E-state index is 0.00110. The fourth-order valence-electron chi connectivity index (χ4n) is 2.47. The van der Waals surface area contributed by atoms with E-state index in [1.165, 1.54) is 40.9 Å². The fraction of sp³-hybridized carbons (Fsp3) is 0.211. The Morgan fingerprint density at radius 3 is 2.67 bits per heavy atom. The second-order valence-electron chi connectivity index (χ2n) is 6.09. The lowest BCUT2D eigenvalue weighted by Gasteiger charge is -2.09. The first kappa shape index (κ1) is 19.4. The second-order valence-corrected chi connectivity index (χ2v) is 7.67. The summed E-state index contributed by atoms with van der Waals surface area (Å²) < 4.78 is 12.9. The molecular formula is C19H17ClFN3O2S. The maximum atomic E-state index is 12.9. The van der Waals surface area contributed by atoms with Crippen LogP contribution in [0.1, 0.15) is 12.0 Å². The Morgan fingerprint density at radius 1 is 1.30 bits per heavy atom. The third-order valence-electron chi connectivity index (χ3n) is 4.02. The van der Waals surface area contributed by atoms with E-state index in [2.05, 4.69) is 10.3 Å². The summed E-state index contributed by atoms with van der Waals surface area (Å²) in [5, 5.41) is 3.22. The summed E-state index contributed by atoms with van der Waals surface area (Å²) in [6, 6.07) is 10.9. The van der Waals surface area contributed by atoms with Gasteiger partial charge in [0, 0.05) is 24.2 Å². The van der Waals surface area contributed by atoms with Gasteiger partial charge in [0.1, 0.15) is 11.1 Å². The Labute approximate surface area is 165 Å². The zero-order valence-corrected chi connectivity index (χ0v) is 16.3. The molecule has 1 saturated heterocycles. The van der Waals surface area contributed by atoms with Crippen LogP contribution in [0.4, 0.5) is 15.8 Å². The van der Waals surface area contributed by atoms with E-state index in [1.54, 1.807) is 13.1 Å². The molecule has 27 heavy (non-hydrogen) atoms. The van der Waals surface area contributed by atoms with Crippen molar-refractivity contribution < 1.29 is 14.0 Å². The van der Waals surface area contributed by atoms with Crippen LogP contribution >= 0.6 is 23.4 Å². The van der Waals surface area contributed by atoms with Gasteiger partial charge in [0.05, 0.1) is 5.69 Å². The lowest BCUT2D eigenvalue weighted by Crippen LogP contribution is -2.30. The number of thioether (sulfide) groups is 1.